The highest BCUT2D eigenvalue weighted by atomic mass is 79.9. The lowest BCUT2D eigenvalue weighted by molar-refractivity contribution is -0.0505. The van der Waals surface area contributed by atoms with E-state index in [0.717, 1.165) is 30.5 Å². The number of rotatable bonds is 6. The van der Waals surface area contributed by atoms with Crippen molar-refractivity contribution in [3.63, 3.8) is 0 Å². The van der Waals surface area contributed by atoms with Crippen LogP contribution in [0.25, 0.3) is 0 Å². The molecular weight excluding hydrogens is 332 g/mol. The molecule has 0 aromatic heterocycles. The van der Waals surface area contributed by atoms with Crippen LogP contribution in [0, 0.1) is 0 Å². The zero-order valence-corrected chi connectivity index (χ0v) is 12.7. The first-order valence-corrected chi connectivity index (χ1v) is 7.50. The minimum Gasteiger partial charge on any atom is -0.434 e. The van der Waals surface area contributed by atoms with Gasteiger partial charge in [-0.15, -0.1) is 0 Å². The maximum atomic E-state index is 12.3. The Morgan fingerprint density at radius 3 is 2.95 bits per heavy atom. The molecule has 3 nitrogen and oxygen atoms in total. The minimum atomic E-state index is -2.81. The van der Waals surface area contributed by atoms with Crippen LogP contribution < -0.4 is 10.1 Å². The van der Waals surface area contributed by atoms with E-state index in [1.165, 1.54) is 6.42 Å². The smallest absolute Gasteiger partial charge is 0.387 e. The minimum absolute atomic E-state index is 0.209. The van der Waals surface area contributed by atoms with Crippen LogP contribution in [-0.2, 0) is 11.3 Å². The Bertz CT molecular complexity index is 426. The van der Waals surface area contributed by atoms with Crippen LogP contribution in [0.5, 0.6) is 5.75 Å². The van der Waals surface area contributed by atoms with E-state index in [9.17, 15) is 8.78 Å². The van der Waals surface area contributed by atoms with Crippen LogP contribution in [0.4, 0.5) is 8.78 Å². The predicted molar refractivity (Wildman–Crippen MR) is 76.1 cm³/mol. The number of hydrogen-bond donors (Lipinski definition) is 1. The Kier molecular flexibility index (Phi) is 6.19. The Hall–Kier alpha value is -0.720. The highest BCUT2D eigenvalue weighted by Crippen LogP contribution is 2.24. The standard InChI is InChI=1S/C14H18BrF2NO2/c15-11-4-5-13(20-14(16)17)10(7-11)8-18-9-12-3-1-2-6-19-12/h4-5,7,12,14,18H,1-3,6,8-9H2. The molecule has 0 spiro atoms. The molecule has 0 aliphatic carbocycles. The first-order chi connectivity index (χ1) is 9.65. The molecule has 2 rings (SSSR count). The predicted octanol–water partition coefficient (Wildman–Crippen LogP) is 3.71. The van der Waals surface area contributed by atoms with Gasteiger partial charge in [0.1, 0.15) is 5.75 Å². The van der Waals surface area contributed by atoms with Crippen molar-refractivity contribution < 1.29 is 18.3 Å². The van der Waals surface area contributed by atoms with Crippen LogP contribution in [0.15, 0.2) is 22.7 Å². The molecule has 20 heavy (non-hydrogen) atoms. The Labute approximate surface area is 125 Å². The van der Waals surface area contributed by atoms with Crippen molar-refractivity contribution in [2.75, 3.05) is 13.2 Å². The van der Waals surface area contributed by atoms with Gasteiger partial charge in [-0.2, -0.15) is 8.78 Å². The molecule has 6 heteroatoms. The maximum absolute atomic E-state index is 12.3. The first kappa shape index (κ1) is 15.7. The van der Waals surface area contributed by atoms with E-state index in [-0.39, 0.29) is 11.9 Å². The van der Waals surface area contributed by atoms with E-state index in [1.54, 1.807) is 18.2 Å². The molecule has 1 N–H and O–H groups in total. The van der Waals surface area contributed by atoms with Gasteiger partial charge in [0.15, 0.2) is 0 Å². The molecule has 1 aliphatic heterocycles. The first-order valence-electron chi connectivity index (χ1n) is 6.70. The summed E-state index contributed by atoms with van der Waals surface area (Å²) in [7, 11) is 0. The van der Waals surface area contributed by atoms with Gasteiger partial charge in [0.25, 0.3) is 0 Å². The van der Waals surface area contributed by atoms with Crippen molar-refractivity contribution in [1.29, 1.82) is 0 Å². The molecule has 0 amide bonds. The summed E-state index contributed by atoms with van der Waals surface area (Å²) in [6.45, 7) is -0.804. The van der Waals surface area contributed by atoms with Crippen molar-refractivity contribution in [2.24, 2.45) is 0 Å². The van der Waals surface area contributed by atoms with E-state index < -0.39 is 6.61 Å². The number of alkyl halides is 2. The van der Waals surface area contributed by atoms with Gasteiger partial charge in [-0.3, -0.25) is 0 Å². The van der Waals surface area contributed by atoms with E-state index in [1.807, 2.05) is 0 Å². The monoisotopic (exact) mass is 349 g/mol. The van der Waals surface area contributed by atoms with Crippen LogP contribution in [-0.4, -0.2) is 25.9 Å². The Morgan fingerprint density at radius 2 is 2.25 bits per heavy atom. The van der Waals surface area contributed by atoms with Crippen molar-refractivity contribution in [2.45, 2.75) is 38.5 Å². The van der Waals surface area contributed by atoms with Crippen molar-refractivity contribution >= 4 is 15.9 Å². The van der Waals surface area contributed by atoms with Gasteiger partial charge in [0.05, 0.1) is 6.10 Å². The van der Waals surface area contributed by atoms with Crippen molar-refractivity contribution in [1.82, 2.24) is 5.32 Å². The summed E-state index contributed by atoms with van der Waals surface area (Å²) in [4.78, 5) is 0. The van der Waals surface area contributed by atoms with Gasteiger partial charge in [-0.25, -0.2) is 0 Å². The summed E-state index contributed by atoms with van der Waals surface area (Å²) in [6, 6.07) is 5.02. The normalized spacial score (nSPS) is 19.3. The van der Waals surface area contributed by atoms with E-state index in [4.69, 9.17) is 4.74 Å². The lowest BCUT2D eigenvalue weighted by Crippen LogP contribution is -2.31. The second-order valence-electron chi connectivity index (χ2n) is 4.75. The fourth-order valence-corrected chi connectivity index (χ4v) is 2.64. The van der Waals surface area contributed by atoms with Gasteiger partial charge in [-0.1, -0.05) is 15.9 Å². The van der Waals surface area contributed by atoms with E-state index in [0.29, 0.717) is 12.1 Å². The van der Waals surface area contributed by atoms with Gasteiger partial charge in [-0.05, 0) is 37.5 Å². The molecule has 112 valence electrons. The third kappa shape index (κ3) is 5.00. The molecule has 1 aromatic rings. The van der Waals surface area contributed by atoms with Crippen LogP contribution in [0.3, 0.4) is 0 Å². The second kappa shape index (κ2) is 7.90. The molecule has 1 aliphatic rings. The lowest BCUT2D eigenvalue weighted by Gasteiger charge is -2.23. The SMILES string of the molecule is FC(F)Oc1ccc(Br)cc1CNCC1CCCCO1. The van der Waals surface area contributed by atoms with Gasteiger partial charge < -0.3 is 14.8 Å². The van der Waals surface area contributed by atoms with Crippen LogP contribution in [0.1, 0.15) is 24.8 Å². The fourth-order valence-electron chi connectivity index (χ4n) is 2.23. The summed E-state index contributed by atoms with van der Waals surface area (Å²) >= 11 is 3.34. The van der Waals surface area contributed by atoms with Crippen LogP contribution in [0.2, 0.25) is 0 Å². The number of halogens is 3. The molecule has 1 fully saturated rings. The van der Waals surface area contributed by atoms with Crippen molar-refractivity contribution in [3.05, 3.63) is 28.2 Å². The summed E-state index contributed by atoms with van der Waals surface area (Å²) in [5.74, 6) is 0.209. The largest absolute Gasteiger partial charge is 0.434 e. The molecule has 1 unspecified atom stereocenters. The topological polar surface area (TPSA) is 30.5 Å². The molecule has 1 aromatic carbocycles. The average Bonchev–Trinajstić information content (AvgIpc) is 2.42. The lowest BCUT2D eigenvalue weighted by atomic mass is 10.1. The maximum Gasteiger partial charge on any atom is 0.387 e. The number of benzene rings is 1. The quantitative estimate of drug-likeness (QED) is 0.849. The molecule has 0 saturated carbocycles. The Balaban J connectivity index is 1.88. The third-order valence-corrected chi connectivity index (χ3v) is 3.69. The number of ether oxygens (including phenoxy) is 2. The summed E-state index contributed by atoms with van der Waals surface area (Å²) in [5.41, 5.74) is 0.704. The number of nitrogens with one attached hydrogen (secondary N) is 1. The van der Waals surface area contributed by atoms with Crippen molar-refractivity contribution in [3.8, 4) is 5.75 Å². The van der Waals surface area contributed by atoms with Gasteiger partial charge in [0, 0.05) is 29.7 Å². The molecule has 1 atom stereocenters. The second-order valence-corrected chi connectivity index (χ2v) is 5.67. The van der Waals surface area contributed by atoms with E-state index >= 15 is 0 Å². The summed E-state index contributed by atoms with van der Waals surface area (Å²) in [6.07, 6.45) is 3.57. The molecular formula is C14H18BrF2NO2. The molecule has 1 heterocycles. The zero-order valence-electron chi connectivity index (χ0n) is 11.1. The summed E-state index contributed by atoms with van der Waals surface area (Å²) < 4.78 is 35.6. The average molecular weight is 350 g/mol. The third-order valence-electron chi connectivity index (χ3n) is 3.20. The highest BCUT2D eigenvalue weighted by molar-refractivity contribution is 9.10. The van der Waals surface area contributed by atoms with Crippen LogP contribution >= 0.6 is 15.9 Å². The van der Waals surface area contributed by atoms with E-state index in [2.05, 4.69) is 26.0 Å². The molecule has 0 radical (unpaired) electrons. The fraction of sp³-hybridized carbons (Fsp3) is 0.571. The van der Waals surface area contributed by atoms with Gasteiger partial charge >= 0.3 is 6.61 Å². The number of hydrogen-bond acceptors (Lipinski definition) is 3. The summed E-state index contributed by atoms with van der Waals surface area (Å²) in [5, 5.41) is 3.24. The molecule has 0 bridgehead atoms. The highest BCUT2D eigenvalue weighted by Gasteiger charge is 2.14. The van der Waals surface area contributed by atoms with Gasteiger partial charge in [0.2, 0.25) is 0 Å². The molecule has 1 saturated heterocycles. The Morgan fingerprint density at radius 1 is 1.40 bits per heavy atom. The zero-order chi connectivity index (χ0) is 14.4.